The maximum atomic E-state index is 14.0. The fourth-order valence-electron chi connectivity index (χ4n) is 3.09. The first-order chi connectivity index (χ1) is 13.0. The molecule has 140 valence electrons. The van der Waals surface area contributed by atoms with Crippen LogP contribution in [0.5, 0.6) is 0 Å². The minimum Gasteiger partial charge on any atom is -0.330 e. The molecule has 2 aromatic carbocycles. The number of carbonyl (C=O) groups excluding carboxylic acids is 2. The van der Waals surface area contributed by atoms with E-state index in [2.05, 4.69) is 0 Å². The maximum absolute atomic E-state index is 14.0. The normalized spacial score (nSPS) is 16.9. The molecular formula is C21H21FN2O2S. The molecule has 1 aliphatic rings. The second-order valence-electron chi connectivity index (χ2n) is 6.30. The van der Waals surface area contributed by atoms with Crippen LogP contribution in [0.15, 0.2) is 59.5 Å². The van der Waals surface area contributed by atoms with Gasteiger partial charge in [0, 0.05) is 24.6 Å². The van der Waals surface area contributed by atoms with Gasteiger partial charge in [-0.3, -0.25) is 9.59 Å². The molecule has 0 radical (unpaired) electrons. The van der Waals surface area contributed by atoms with Crippen molar-refractivity contribution in [2.24, 2.45) is 0 Å². The van der Waals surface area contributed by atoms with Crippen molar-refractivity contribution < 1.29 is 14.0 Å². The number of thioether (sulfide) groups is 1. The van der Waals surface area contributed by atoms with Crippen molar-refractivity contribution >= 4 is 35.3 Å². The van der Waals surface area contributed by atoms with Crippen LogP contribution in [0.4, 0.5) is 10.1 Å². The molecule has 1 atom stereocenters. The van der Waals surface area contributed by atoms with Crippen LogP contribution in [0.1, 0.15) is 12.0 Å². The van der Waals surface area contributed by atoms with Gasteiger partial charge in [-0.05, 0) is 48.6 Å². The van der Waals surface area contributed by atoms with Gasteiger partial charge in [-0.1, -0.05) is 24.3 Å². The van der Waals surface area contributed by atoms with Crippen LogP contribution in [-0.2, 0) is 9.59 Å². The highest BCUT2D eigenvalue weighted by molar-refractivity contribution is 7.98. The maximum Gasteiger partial charge on any atom is 0.249 e. The summed E-state index contributed by atoms with van der Waals surface area (Å²) in [5, 5.41) is 0. The number of anilines is 1. The van der Waals surface area contributed by atoms with E-state index in [-0.39, 0.29) is 17.5 Å². The number of carbonyl (C=O) groups is 2. The van der Waals surface area contributed by atoms with E-state index in [1.807, 2.05) is 30.5 Å². The van der Waals surface area contributed by atoms with Gasteiger partial charge in [-0.15, -0.1) is 11.8 Å². The smallest absolute Gasteiger partial charge is 0.249 e. The molecule has 1 fully saturated rings. The molecule has 2 amide bonds. The van der Waals surface area contributed by atoms with E-state index in [0.29, 0.717) is 13.0 Å². The number of amides is 2. The summed E-state index contributed by atoms with van der Waals surface area (Å²) in [7, 11) is 1.61. The Hall–Kier alpha value is -2.60. The first kappa shape index (κ1) is 19.2. The summed E-state index contributed by atoms with van der Waals surface area (Å²) in [6, 6.07) is 13.5. The standard InChI is InChI=1S/C21H21FN2O2S/c1-23(20(25)12-9-15-7-10-16(27-2)11-8-15)19-13-14-24(21(19)26)18-6-4-3-5-17(18)22/h3-12,19H,13-14H2,1-2H3/b12-9+. The van der Waals surface area contributed by atoms with Crippen molar-refractivity contribution in [3.8, 4) is 0 Å². The van der Waals surface area contributed by atoms with E-state index < -0.39 is 11.9 Å². The molecule has 2 aromatic rings. The summed E-state index contributed by atoms with van der Waals surface area (Å²) >= 11 is 1.66. The Morgan fingerprint density at radius 2 is 1.93 bits per heavy atom. The third-order valence-electron chi connectivity index (χ3n) is 4.67. The summed E-state index contributed by atoms with van der Waals surface area (Å²) in [5.41, 5.74) is 1.18. The number of hydrogen-bond donors (Lipinski definition) is 0. The number of halogens is 1. The molecule has 1 heterocycles. The molecule has 1 saturated heterocycles. The van der Waals surface area contributed by atoms with Crippen LogP contribution >= 0.6 is 11.8 Å². The third-order valence-corrected chi connectivity index (χ3v) is 5.41. The average molecular weight is 384 g/mol. The quantitative estimate of drug-likeness (QED) is 0.581. The Balaban J connectivity index is 1.67. The van der Waals surface area contributed by atoms with Crippen molar-refractivity contribution in [1.82, 2.24) is 4.90 Å². The van der Waals surface area contributed by atoms with E-state index in [0.717, 1.165) is 10.5 Å². The van der Waals surface area contributed by atoms with Gasteiger partial charge in [0.05, 0.1) is 5.69 Å². The molecule has 1 unspecified atom stereocenters. The summed E-state index contributed by atoms with van der Waals surface area (Å²) in [6.45, 7) is 0.391. The van der Waals surface area contributed by atoms with E-state index in [9.17, 15) is 14.0 Å². The number of para-hydroxylation sites is 1. The zero-order chi connectivity index (χ0) is 19.4. The molecule has 0 aromatic heterocycles. The van der Waals surface area contributed by atoms with Crippen LogP contribution in [0.3, 0.4) is 0 Å². The molecule has 6 heteroatoms. The molecule has 0 N–H and O–H groups in total. The number of likely N-dealkylation sites (N-methyl/N-ethyl adjacent to an activating group) is 1. The van der Waals surface area contributed by atoms with Gasteiger partial charge in [0.2, 0.25) is 11.8 Å². The highest BCUT2D eigenvalue weighted by Crippen LogP contribution is 2.26. The zero-order valence-corrected chi connectivity index (χ0v) is 16.1. The minimum atomic E-state index is -0.583. The number of hydrogen-bond acceptors (Lipinski definition) is 3. The first-order valence-electron chi connectivity index (χ1n) is 8.66. The SMILES string of the molecule is CSc1ccc(/C=C/C(=O)N(C)C2CCN(c3ccccc3F)C2=O)cc1. The molecule has 0 spiro atoms. The predicted molar refractivity (Wildman–Crippen MR) is 107 cm³/mol. The Kier molecular flexibility index (Phi) is 5.96. The summed E-state index contributed by atoms with van der Waals surface area (Å²) < 4.78 is 14.0. The monoisotopic (exact) mass is 384 g/mol. The summed E-state index contributed by atoms with van der Waals surface area (Å²) in [4.78, 5) is 29.2. The largest absolute Gasteiger partial charge is 0.330 e. The van der Waals surface area contributed by atoms with Crippen LogP contribution in [-0.4, -0.2) is 42.6 Å². The van der Waals surface area contributed by atoms with Crippen molar-refractivity contribution in [3.63, 3.8) is 0 Å². The fraction of sp³-hybridized carbons (Fsp3) is 0.238. The molecule has 1 aliphatic heterocycles. The molecule has 0 bridgehead atoms. The molecule has 4 nitrogen and oxygen atoms in total. The summed E-state index contributed by atoms with van der Waals surface area (Å²) in [5.74, 6) is -0.944. The lowest BCUT2D eigenvalue weighted by atomic mass is 10.2. The van der Waals surface area contributed by atoms with Crippen LogP contribution < -0.4 is 4.90 Å². The molecule has 0 saturated carbocycles. The van der Waals surface area contributed by atoms with Crippen LogP contribution in [0.25, 0.3) is 6.08 Å². The zero-order valence-electron chi connectivity index (χ0n) is 15.3. The second kappa shape index (κ2) is 8.39. The second-order valence-corrected chi connectivity index (χ2v) is 7.18. The van der Waals surface area contributed by atoms with Crippen molar-refractivity contribution in [1.29, 1.82) is 0 Å². The van der Waals surface area contributed by atoms with Gasteiger partial charge in [-0.2, -0.15) is 0 Å². The Morgan fingerprint density at radius 3 is 2.59 bits per heavy atom. The third kappa shape index (κ3) is 4.22. The Labute approximate surface area is 162 Å². The van der Waals surface area contributed by atoms with E-state index in [1.54, 1.807) is 43.1 Å². The Bertz CT molecular complexity index is 867. The molecule has 0 aliphatic carbocycles. The van der Waals surface area contributed by atoms with Crippen molar-refractivity contribution in [2.75, 3.05) is 24.7 Å². The Morgan fingerprint density at radius 1 is 1.22 bits per heavy atom. The van der Waals surface area contributed by atoms with Gasteiger partial charge >= 0.3 is 0 Å². The van der Waals surface area contributed by atoms with Crippen molar-refractivity contribution in [2.45, 2.75) is 17.4 Å². The van der Waals surface area contributed by atoms with Crippen LogP contribution in [0, 0.1) is 5.82 Å². The average Bonchev–Trinajstić information content (AvgIpc) is 3.07. The van der Waals surface area contributed by atoms with Gasteiger partial charge < -0.3 is 9.80 Å². The molecule has 27 heavy (non-hydrogen) atoms. The first-order valence-corrected chi connectivity index (χ1v) is 9.88. The predicted octanol–water partition coefficient (Wildman–Crippen LogP) is 3.82. The fourth-order valence-corrected chi connectivity index (χ4v) is 3.50. The lowest BCUT2D eigenvalue weighted by Gasteiger charge is -2.23. The number of nitrogens with zero attached hydrogens (tertiary/aromatic N) is 2. The van der Waals surface area contributed by atoms with E-state index >= 15 is 0 Å². The molecule has 3 rings (SSSR count). The van der Waals surface area contributed by atoms with Crippen molar-refractivity contribution in [3.05, 3.63) is 66.0 Å². The number of rotatable bonds is 5. The van der Waals surface area contributed by atoms with Gasteiger partial charge in [-0.25, -0.2) is 4.39 Å². The number of benzene rings is 2. The summed E-state index contributed by atoms with van der Waals surface area (Å²) in [6.07, 6.45) is 5.68. The van der Waals surface area contributed by atoms with Gasteiger partial charge in [0.25, 0.3) is 0 Å². The van der Waals surface area contributed by atoms with Gasteiger partial charge in [0.15, 0.2) is 0 Å². The highest BCUT2D eigenvalue weighted by atomic mass is 32.2. The lowest BCUT2D eigenvalue weighted by Crippen LogP contribution is -2.42. The lowest BCUT2D eigenvalue weighted by molar-refractivity contribution is -0.132. The van der Waals surface area contributed by atoms with E-state index in [1.165, 1.54) is 21.9 Å². The molecular weight excluding hydrogens is 363 g/mol. The van der Waals surface area contributed by atoms with Crippen LogP contribution in [0.2, 0.25) is 0 Å². The minimum absolute atomic E-state index is 0.252. The van der Waals surface area contributed by atoms with Gasteiger partial charge in [0.1, 0.15) is 11.9 Å². The topological polar surface area (TPSA) is 40.6 Å². The van der Waals surface area contributed by atoms with E-state index in [4.69, 9.17) is 0 Å². The highest BCUT2D eigenvalue weighted by Gasteiger charge is 2.37.